The Labute approximate surface area is 98.1 Å². The molecule has 0 spiro atoms. The van der Waals surface area contributed by atoms with E-state index in [-0.39, 0.29) is 6.42 Å². The van der Waals surface area contributed by atoms with Crippen LogP contribution < -0.4 is 5.32 Å². The SMILES string of the molecule is CON(C)C(=O)C[C@H]1CCCN[C@H]1C(F)(F)F. The first kappa shape index (κ1) is 14.2. The number of hydrogen-bond donors (Lipinski definition) is 1. The predicted molar refractivity (Wildman–Crippen MR) is 55.0 cm³/mol. The van der Waals surface area contributed by atoms with E-state index in [9.17, 15) is 18.0 Å². The van der Waals surface area contributed by atoms with E-state index in [4.69, 9.17) is 0 Å². The van der Waals surface area contributed by atoms with Crippen LogP contribution in [-0.2, 0) is 9.63 Å². The predicted octanol–water partition coefficient (Wildman–Crippen LogP) is 1.33. The van der Waals surface area contributed by atoms with Gasteiger partial charge in [-0.25, -0.2) is 5.06 Å². The Morgan fingerprint density at radius 1 is 1.53 bits per heavy atom. The van der Waals surface area contributed by atoms with Gasteiger partial charge >= 0.3 is 6.18 Å². The third-order valence-electron chi connectivity index (χ3n) is 3.00. The van der Waals surface area contributed by atoms with Crippen LogP contribution in [0.3, 0.4) is 0 Å². The van der Waals surface area contributed by atoms with E-state index < -0.39 is 24.0 Å². The molecule has 17 heavy (non-hydrogen) atoms. The maximum Gasteiger partial charge on any atom is 0.404 e. The number of carbonyl (C=O) groups is 1. The van der Waals surface area contributed by atoms with Gasteiger partial charge in [-0.15, -0.1) is 0 Å². The standard InChI is InChI=1S/C10H17F3N2O2/c1-15(17-2)8(16)6-7-4-3-5-14-9(7)10(11,12)13/h7,9,14H,3-6H2,1-2H3/t7-,9-/m1/s1. The van der Waals surface area contributed by atoms with E-state index in [0.717, 1.165) is 5.06 Å². The van der Waals surface area contributed by atoms with Crippen LogP contribution in [-0.4, -0.2) is 43.9 Å². The summed E-state index contributed by atoms with van der Waals surface area (Å²) in [4.78, 5) is 16.2. The van der Waals surface area contributed by atoms with Crippen molar-refractivity contribution < 1.29 is 22.8 Å². The van der Waals surface area contributed by atoms with Crippen LogP contribution >= 0.6 is 0 Å². The highest BCUT2D eigenvalue weighted by Crippen LogP contribution is 2.32. The highest BCUT2D eigenvalue weighted by atomic mass is 19.4. The number of nitrogens with one attached hydrogen (secondary N) is 1. The highest BCUT2D eigenvalue weighted by Gasteiger charge is 2.46. The molecule has 1 aliphatic heterocycles. The molecule has 1 aliphatic rings. The van der Waals surface area contributed by atoms with Crippen molar-refractivity contribution in [2.24, 2.45) is 5.92 Å². The molecule has 0 aromatic heterocycles. The number of amides is 1. The van der Waals surface area contributed by atoms with Gasteiger partial charge < -0.3 is 5.32 Å². The molecule has 0 unspecified atom stereocenters. The van der Waals surface area contributed by atoms with Crippen molar-refractivity contribution in [2.75, 3.05) is 20.7 Å². The van der Waals surface area contributed by atoms with Crippen LogP contribution in [0.25, 0.3) is 0 Å². The third kappa shape index (κ3) is 3.85. The van der Waals surface area contributed by atoms with Crippen molar-refractivity contribution in [1.29, 1.82) is 0 Å². The van der Waals surface area contributed by atoms with Crippen molar-refractivity contribution in [1.82, 2.24) is 10.4 Å². The average molecular weight is 254 g/mol. The summed E-state index contributed by atoms with van der Waals surface area (Å²) < 4.78 is 38.1. The van der Waals surface area contributed by atoms with Gasteiger partial charge in [0.05, 0.1) is 7.11 Å². The van der Waals surface area contributed by atoms with Gasteiger partial charge in [-0.05, 0) is 25.3 Å². The first-order valence-electron chi connectivity index (χ1n) is 5.47. The molecule has 7 heteroatoms. The number of alkyl halides is 3. The molecule has 1 heterocycles. The van der Waals surface area contributed by atoms with E-state index in [1.54, 1.807) is 0 Å². The molecular formula is C10H17F3N2O2. The molecule has 0 saturated carbocycles. The maximum atomic E-state index is 12.7. The number of carbonyl (C=O) groups excluding carboxylic acids is 1. The smallest absolute Gasteiger partial charge is 0.306 e. The fraction of sp³-hybridized carbons (Fsp3) is 0.900. The van der Waals surface area contributed by atoms with Crippen LogP contribution in [0.15, 0.2) is 0 Å². The Bertz CT molecular complexity index is 271. The van der Waals surface area contributed by atoms with Gasteiger partial charge in [0.25, 0.3) is 0 Å². The summed E-state index contributed by atoms with van der Waals surface area (Å²) in [6, 6.07) is -1.59. The minimum atomic E-state index is -4.31. The number of rotatable bonds is 3. The van der Waals surface area contributed by atoms with E-state index >= 15 is 0 Å². The quantitative estimate of drug-likeness (QED) is 0.772. The van der Waals surface area contributed by atoms with Gasteiger partial charge in [0, 0.05) is 13.5 Å². The number of piperidine rings is 1. The van der Waals surface area contributed by atoms with Gasteiger partial charge in [-0.3, -0.25) is 9.63 Å². The van der Waals surface area contributed by atoms with Gasteiger partial charge in [-0.2, -0.15) is 13.2 Å². The Morgan fingerprint density at radius 2 is 2.18 bits per heavy atom. The molecule has 100 valence electrons. The summed E-state index contributed by atoms with van der Waals surface area (Å²) in [6.07, 6.45) is -3.40. The molecule has 1 N–H and O–H groups in total. The molecule has 0 aromatic rings. The molecular weight excluding hydrogens is 237 g/mol. The lowest BCUT2D eigenvalue weighted by atomic mass is 9.87. The number of nitrogens with zero attached hydrogens (tertiary/aromatic N) is 1. The molecule has 0 aliphatic carbocycles. The average Bonchev–Trinajstić information content (AvgIpc) is 2.27. The topological polar surface area (TPSA) is 41.6 Å². The summed E-state index contributed by atoms with van der Waals surface area (Å²) in [5.41, 5.74) is 0. The summed E-state index contributed by atoms with van der Waals surface area (Å²) >= 11 is 0. The fourth-order valence-corrected chi connectivity index (χ4v) is 2.01. The molecule has 2 atom stereocenters. The largest absolute Gasteiger partial charge is 0.404 e. The molecule has 1 saturated heterocycles. The van der Waals surface area contributed by atoms with Crippen molar-refractivity contribution in [2.45, 2.75) is 31.5 Å². The van der Waals surface area contributed by atoms with Crippen LogP contribution in [0.1, 0.15) is 19.3 Å². The van der Waals surface area contributed by atoms with E-state index in [1.807, 2.05) is 0 Å². The van der Waals surface area contributed by atoms with Crippen LogP contribution in [0.2, 0.25) is 0 Å². The summed E-state index contributed by atoms with van der Waals surface area (Å²) in [5, 5.41) is 3.40. The zero-order valence-electron chi connectivity index (χ0n) is 9.88. The third-order valence-corrected chi connectivity index (χ3v) is 3.00. The van der Waals surface area contributed by atoms with Crippen LogP contribution in [0, 0.1) is 5.92 Å². The molecule has 1 amide bonds. The molecule has 1 rings (SSSR count). The Kier molecular flexibility index (Phi) is 4.76. The van der Waals surface area contributed by atoms with Gasteiger partial charge in [0.1, 0.15) is 6.04 Å². The second-order valence-electron chi connectivity index (χ2n) is 4.15. The molecule has 4 nitrogen and oxygen atoms in total. The number of halogens is 3. The van der Waals surface area contributed by atoms with Crippen LogP contribution in [0.4, 0.5) is 13.2 Å². The Morgan fingerprint density at radius 3 is 2.71 bits per heavy atom. The summed E-state index contributed by atoms with van der Waals surface area (Å²) in [7, 11) is 2.69. The van der Waals surface area contributed by atoms with E-state index in [1.165, 1.54) is 14.2 Å². The lowest BCUT2D eigenvalue weighted by Crippen LogP contribution is -2.52. The van der Waals surface area contributed by atoms with E-state index in [2.05, 4.69) is 10.2 Å². The molecule has 0 aromatic carbocycles. The Balaban J connectivity index is 2.63. The number of hydrogen-bond acceptors (Lipinski definition) is 3. The van der Waals surface area contributed by atoms with E-state index in [0.29, 0.717) is 19.4 Å². The maximum absolute atomic E-state index is 12.7. The summed E-state index contributed by atoms with van der Waals surface area (Å²) in [5.74, 6) is -1.15. The van der Waals surface area contributed by atoms with Crippen molar-refractivity contribution in [3.05, 3.63) is 0 Å². The van der Waals surface area contributed by atoms with Crippen molar-refractivity contribution in [3.63, 3.8) is 0 Å². The first-order chi connectivity index (χ1) is 7.86. The zero-order chi connectivity index (χ0) is 13.1. The number of hydroxylamine groups is 2. The second-order valence-corrected chi connectivity index (χ2v) is 4.15. The second kappa shape index (κ2) is 5.68. The molecule has 0 bridgehead atoms. The van der Waals surface area contributed by atoms with Crippen LogP contribution in [0.5, 0.6) is 0 Å². The monoisotopic (exact) mass is 254 g/mol. The van der Waals surface area contributed by atoms with Crippen molar-refractivity contribution >= 4 is 5.91 Å². The van der Waals surface area contributed by atoms with Gasteiger partial charge in [-0.1, -0.05) is 0 Å². The van der Waals surface area contributed by atoms with Gasteiger partial charge in [0.2, 0.25) is 5.91 Å². The van der Waals surface area contributed by atoms with Gasteiger partial charge in [0.15, 0.2) is 0 Å². The Hall–Kier alpha value is -0.820. The first-order valence-corrected chi connectivity index (χ1v) is 5.47. The highest BCUT2D eigenvalue weighted by molar-refractivity contribution is 5.75. The normalized spacial score (nSPS) is 25.7. The lowest BCUT2D eigenvalue weighted by molar-refractivity contribution is -0.182. The zero-order valence-corrected chi connectivity index (χ0v) is 9.88. The van der Waals surface area contributed by atoms with Crippen molar-refractivity contribution in [3.8, 4) is 0 Å². The minimum Gasteiger partial charge on any atom is -0.306 e. The molecule has 0 radical (unpaired) electrons. The lowest BCUT2D eigenvalue weighted by Gasteiger charge is -2.34. The summed E-state index contributed by atoms with van der Waals surface area (Å²) in [6.45, 7) is 0.342. The fourth-order valence-electron chi connectivity index (χ4n) is 2.01. The molecule has 1 fully saturated rings. The minimum absolute atomic E-state index is 0.151.